The van der Waals surface area contributed by atoms with E-state index in [0.29, 0.717) is 5.92 Å². The van der Waals surface area contributed by atoms with Crippen LogP contribution < -0.4 is 0 Å². The van der Waals surface area contributed by atoms with Gasteiger partial charge in [0.25, 0.3) is 0 Å². The summed E-state index contributed by atoms with van der Waals surface area (Å²) in [5.74, 6) is 2.34. The molecule has 2 aliphatic rings. The van der Waals surface area contributed by atoms with Gasteiger partial charge in [-0.25, -0.2) is 0 Å². The van der Waals surface area contributed by atoms with Gasteiger partial charge in [-0.2, -0.15) is 0 Å². The minimum atomic E-state index is -0.123. The van der Waals surface area contributed by atoms with Crippen molar-refractivity contribution in [3.63, 3.8) is 0 Å². The van der Waals surface area contributed by atoms with E-state index in [1.54, 1.807) is 0 Å². The number of aliphatic hydroxyl groups excluding tert-OH is 1. The highest BCUT2D eigenvalue weighted by Gasteiger charge is 2.30. The molecule has 0 bridgehead atoms. The van der Waals surface area contributed by atoms with Crippen LogP contribution in [-0.2, 0) is 0 Å². The standard InChI is InChI=1S/C14H27NO/c1-3-11(2)14(16)10-15(8-12-4-5-12)9-13-6-7-13/h11-14,16H,3-10H2,1-2H3. The average Bonchev–Trinajstić information content (AvgIpc) is 3.12. The molecular weight excluding hydrogens is 198 g/mol. The quantitative estimate of drug-likeness (QED) is 0.686. The topological polar surface area (TPSA) is 23.5 Å². The van der Waals surface area contributed by atoms with Gasteiger partial charge in [0.15, 0.2) is 0 Å². The van der Waals surface area contributed by atoms with Crippen LogP contribution in [0, 0.1) is 17.8 Å². The number of nitrogens with zero attached hydrogens (tertiary/aromatic N) is 1. The van der Waals surface area contributed by atoms with Gasteiger partial charge < -0.3 is 10.0 Å². The second-order valence-electron chi connectivity index (χ2n) is 6.06. The summed E-state index contributed by atoms with van der Waals surface area (Å²) >= 11 is 0. The molecule has 16 heavy (non-hydrogen) atoms. The Morgan fingerprint density at radius 3 is 2.00 bits per heavy atom. The highest BCUT2D eigenvalue weighted by molar-refractivity contribution is 4.83. The Bertz CT molecular complexity index is 197. The van der Waals surface area contributed by atoms with Gasteiger partial charge in [0.2, 0.25) is 0 Å². The van der Waals surface area contributed by atoms with Crippen molar-refractivity contribution in [2.75, 3.05) is 19.6 Å². The lowest BCUT2D eigenvalue weighted by atomic mass is 10.0. The fourth-order valence-corrected chi connectivity index (χ4v) is 2.27. The first-order valence-corrected chi connectivity index (χ1v) is 7.09. The molecule has 1 N–H and O–H groups in total. The highest BCUT2D eigenvalue weighted by atomic mass is 16.3. The molecule has 2 saturated carbocycles. The van der Waals surface area contributed by atoms with Crippen molar-refractivity contribution in [2.45, 2.75) is 52.1 Å². The molecule has 0 saturated heterocycles. The Morgan fingerprint density at radius 2 is 1.62 bits per heavy atom. The Kier molecular flexibility index (Phi) is 4.26. The van der Waals surface area contributed by atoms with Gasteiger partial charge in [-0.1, -0.05) is 20.3 Å². The molecule has 0 radical (unpaired) electrons. The first-order valence-electron chi connectivity index (χ1n) is 7.09. The fourth-order valence-electron chi connectivity index (χ4n) is 2.27. The lowest BCUT2D eigenvalue weighted by Gasteiger charge is -2.27. The van der Waals surface area contributed by atoms with Crippen molar-refractivity contribution >= 4 is 0 Å². The summed E-state index contributed by atoms with van der Waals surface area (Å²) < 4.78 is 0. The van der Waals surface area contributed by atoms with Crippen molar-refractivity contribution in [1.29, 1.82) is 0 Å². The van der Waals surface area contributed by atoms with Crippen molar-refractivity contribution in [1.82, 2.24) is 4.90 Å². The predicted molar refractivity (Wildman–Crippen MR) is 67.3 cm³/mol. The van der Waals surface area contributed by atoms with Gasteiger partial charge >= 0.3 is 0 Å². The zero-order chi connectivity index (χ0) is 11.5. The Labute approximate surface area is 100 Å². The van der Waals surface area contributed by atoms with E-state index in [1.165, 1.54) is 38.8 Å². The summed E-state index contributed by atoms with van der Waals surface area (Å²) in [5, 5.41) is 10.1. The molecule has 2 rings (SSSR count). The van der Waals surface area contributed by atoms with Crippen molar-refractivity contribution < 1.29 is 5.11 Å². The van der Waals surface area contributed by atoms with E-state index in [2.05, 4.69) is 18.7 Å². The second-order valence-corrected chi connectivity index (χ2v) is 6.06. The fraction of sp³-hybridized carbons (Fsp3) is 1.00. The maximum absolute atomic E-state index is 10.1. The molecule has 2 nitrogen and oxygen atoms in total. The molecule has 0 aromatic carbocycles. The minimum Gasteiger partial charge on any atom is -0.392 e. The van der Waals surface area contributed by atoms with E-state index in [1.807, 2.05) is 0 Å². The van der Waals surface area contributed by atoms with Crippen LogP contribution in [0.2, 0.25) is 0 Å². The van der Waals surface area contributed by atoms with Crippen molar-refractivity contribution in [2.24, 2.45) is 17.8 Å². The largest absolute Gasteiger partial charge is 0.392 e. The van der Waals surface area contributed by atoms with Gasteiger partial charge in [-0.15, -0.1) is 0 Å². The first kappa shape index (κ1) is 12.4. The van der Waals surface area contributed by atoms with E-state index in [0.717, 1.165) is 24.8 Å². The zero-order valence-electron chi connectivity index (χ0n) is 10.9. The lowest BCUT2D eigenvalue weighted by molar-refractivity contribution is 0.0648. The van der Waals surface area contributed by atoms with Gasteiger partial charge in [-0.3, -0.25) is 0 Å². The van der Waals surface area contributed by atoms with Gasteiger partial charge in [0.05, 0.1) is 6.10 Å². The molecule has 94 valence electrons. The molecule has 2 fully saturated rings. The molecule has 2 atom stereocenters. The molecular formula is C14H27NO. The highest BCUT2D eigenvalue weighted by Crippen LogP contribution is 2.33. The zero-order valence-corrected chi connectivity index (χ0v) is 10.9. The Hall–Kier alpha value is -0.0800. The first-order chi connectivity index (χ1) is 7.69. The van der Waals surface area contributed by atoms with Crippen LogP contribution in [0.25, 0.3) is 0 Å². The molecule has 0 aromatic heterocycles. The van der Waals surface area contributed by atoms with E-state index < -0.39 is 0 Å². The Balaban J connectivity index is 1.74. The molecule has 2 heteroatoms. The molecule has 0 heterocycles. The molecule has 0 aliphatic heterocycles. The smallest absolute Gasteiger partial charge is 0.0692 e. The minimum absolute atomic E-state index is 0.123. The van der Waals surface area contributed by atoms with E-state index in [4.69, 9.17) is 0 Å². The molecule has 0 amide bonds. The molecule has 2 unspecified atom stereocenters. The maximum atomic E-state index is 10.1. The van der Waals surface area contributed by atoms with Crippen LogP contribution in [0.1, 0.15) is 46.0 Å². The summed E-state index contributed by atoms with van der Waals surface area (Å²) in [6.45, 7) is 7.72. The second kappa shape index (κ2) is 5.50. The number of rotatable bonds is 8. The predicted octanol–water partition coefficient (Wildman–Crippen LogP) is 2.52. The maximum Gasteiger partial charge on any atom is 0.0692 e. The monoisotopic (exact) mass is 225 g/mol. The van der Waals surface area contributed by atoms with Crippen molar-refractivity contribution in [3.05, 3.63) is 0 Å². The van der Waals surface area contributed by atoms with Crippen LogP contribution in [-0.4, -0.2) is 35.7 Å². The van der Waals surface area contributed by atoms with E-state index in [-0.39, 0.29) is 6.10 Å². The summed E-state index contributed by atoms with van der Waals surface area (Å²) in [6.07, 6.45) is 6.63. The summed E-state index contributed by atoms with van der Waals surface area (Å²) in [6, 6.07) is 0. The van der Waals surface area contributed by atoms with Gasteiger partial charge in [-0.05, 0) is 43.4 Å². The summed E-state index contributed by atoms with van der Waals surface area (Å²) in [5.41, 5.74) is 0. The van der Waals surface area contributed by atoms with Crippen LogP contribution in [0.5, 0.6) is 0 Å². The van der Waals surface area contributed by atoms with Crippen molar-refractivity contribution in [3.8, 4) is 0 Å². The molecule has 0 spiro atoms. The third kappa shape index (κ3) is 4.06. The van der Waals surface area contributed by atoms with Crippen LogP contribution in [0.15, 0.2) is 0 Å². The third-order valence-corrected chi connectivity index (χ3v) is 4.17. The number of aliphatic hydroxyl groups is 1. The number of hydrogen-bond donors (Lipinski definition) is 1. The third-order valence-electron chi connectivity index (χ3n) is 4.17. The molecule has 0 aromatic rings. The average molecular weight is 225 g/mol. The van der Waals surface area contributed by atoms with Crippen LogP contribution in [0.4, 0.5) is 0 Å². The van der Waals surface area contributed by atoms with E-state index in [9.17, 15) is 5.11 Å². The Morgan fingerprint density at radius 1 is 1.12 bits per heavy atom. The number of hydrogen-bond acceptors (Lipinski definition) is 2. The van der Waals surface area contributed by atoms with Gasteiger partial charge in [0.1, 0.15) is 0 Å². The van der Waals surface area contributed by atoms with Crippen LogP contribution >= 0.6 is 0 Å². The SMILES string of the molecule is CCC(C)C(O)CN(CC1CC1)CC1CC1. The summed E-state index contributed by atoms with van der Waals surface area (Å²) in [7, 11) is 0. The molecule has 2 aliphatic carbocycles. The van der Waals surface area contributed by atoms with Crippen LogP contribution in [0.3, 0.4) is 0 Å². The van der Waals surface area contributed by atoms with E-state index >= 15 is 0 Å². The normalized spacial score (nSPS) is 24.8. The van der Waals surface area contributed by atoms with Gasteiger partial charge in [0, 0.05) is 19.6 Å². The summed E-state index contributed by atoms with van der Waals surface area (Å²) in [4.78, 5) is 2.53. The lowest BCUT2D eigenvalue weighted by Crippen LogP contribution is -2.38.